The van der Waals surface area contributed by atoms with E-state index in [1.165, 1.54) is 0 Å². The Morgan fingerprint density at radius 2 is 2.28 bits per heavy atom. The Hall–Kier alpha value is -0.930. The van der Waals surface area contributed by atoms with Gasteiger partial charge in [0.05, 0.1) is 6.10 Å². The maximum absolute atomic E-state index is 13.3. The summed E-state index contributed by atoms with van der Waals surface area (Å²) >= 11 is 0. The van der Waals surface area contributed by atoms with Gasteiger partial charge in [0.1, 0.15) is 5.82 Å². The number of aryl methyl sites for hydroxylation is 1. The number of hydrogen-bond donors (Lipinski definition) is 1. The van der Waals surface area contributed by atoms with Crippen LogP contribution in [-0.2, 0) is 4.74 Å². The van der Waals surface area contributed by atoms with E-state index in [9.17, 15) is 4.39 Å². The van der Waals surface area contributed by atoms with Crippen molar-refractivity contribution in [3.05, 3.63) is 35.1 Å². The van der Waals surface area contributed by atoms with Crippen molar-refractivity contribution in [3.8, 4) is 0 Å². The van der Waals surface area contributed by atoms with Crippen molar-refractivity contribution < 1.29 is 9.13 Å². The summed E-state index contributed by atoms with van der Waals surface area (Å²) < 4.78 is 19.1. The molecule has 18 heavy (non-hydrogen) atoms. The maximum atomic E-state index is 13.3. The number of ether oxygens (including phenoxy) is 1. The van der Waals surface area contributed by atoms with Gasteiger partial charge in [-0.25, -0.2) is 4.39 Å². The van der Waals surface area contributed by atoms with Gasteiger partial charge in [-0.15, -0.1) is 0 Å². The molecule has 1 fully saturated rings. The highest BCUT2D eigenvalue weighted by atomic mass is 19.1. The summed E-state index contributed by atoms with van der Waals surface area (Å²) in [6.07, 6.45) is 2.35. The molecule has 1 N–H and O–H groups in total. The molecule has 0 spiro atoms. The predicted octanol–water partition coefficient (Wildman–Crippen LogP) is 3.21. The first-order valence-electron chi connectivity index (χ1n) is 6.80. The van der Waals surface area contributed by atoms with Crippen LogP contribution in [0.4, 0.5) is 4.39 Å². The van der Waals surface area contributed by atoms with Gasteiger partial charge in [0, 0.05) is 19.1 Å². The molecule has 0 saturated carbocycles. The molecule has 1 aliphatic heterocycles. The first kappa shape index (κ1) is 13.5. The first-order chi connectivity index (χ1) is 8.72. The third-order valence-corrected chi connectivity index (χ3v) is 3.56. The van der Waals surface area contributed by atoms with Crippen molar-refractivity contribution in [2.75, 3.05) is 19.7 Å². The molecule has 1 aliphatic rings. The van der Waals surface area contributed by atoms with Crippen LogP contribution < -0.4 is 5.32 Å². The first-order valence-corrected chi connectivity index (χ1v) is 6.80. The van der Waals surface area contributed by atoms with Crippen LogP contribution in [0.3, 0.4) is 0 Å². The predicted molar refractivity (Wildman–Crippen MR) is 71.1 cm³/mol. The number of rotatable bonds is 5. The molecule has 2 nitrogen and oxygen atoms in total. The highest BCUT2D eigenvalue weighted by molar-refractivity contribution is 5.26. The van der Waals surface area contributed by atoms with E-state index in [0.29, 0.717) is 11.5 Å². The largest absolute Gasteiger partial charge is 0.373 e. The molecule has 1 aromatic carbocycles. The van der Waals surface area contributed by atoms with Gasteiger partial charge >= 0.3 is 0 Å². The van der Waals surface area contributed by atoms with Crippen LogP contribution in [0.25, 0.3) is 0 Å². The van der Waals surface area contributed by atoms with Crippen molar-refractivity contribution in [1.82, 2.24) is 5.32 Å². The van der Waals surface area contributed by atoms with Gasteiger partial charge in [0.15, 0.2) is 0 Å². The number of nitrogens with one attached hydrogen (secondary N) is 1. The lowest BCUT2D eigenvalue weighted by molar-refractivity contribution is 0.0904. The molecule has 100 valence electrons. The van der Waals surface area contributed by atoms with E-state index in [1.54, 1.807) is 13.0 Å². The normalized spacial score (nSPS) is 23.5. The maximum Gasteiger partial charge on any atom is 0.126 e. The summed E-state index contributed by atoms with van der Waals surface area (Å²) in [5, 5.41) is 3.45. The van der Waals surface area contributed by atoms with Crippen LogP contribution in [0.2, 0.25) is 0 Å². The minimum atomic E-state index is -0.141. The molecule has 2 unspecified atom stereocenters. The Kier molecular flexibility index (Phi) is 4.72. The fourth-order valence-corrected chi connectivity index (χ4v) is 2.52. The molecule has 0 aliphatic carbocycles. The summed E-state index contributed by atoms with van der Waals surface area (Å²) in [6, 6.07) is 5.31. The number of halogens is 1. The average molecular weight is 251 g/mol. The molecular weight excluding hydrogens is 229 g/mol. The fraction of sp³-hybridized carbons (Fsp3) is 0.600. The standard InChI is InChI=1S/C15H22FNO/c1-3-7-17-10-13-6-8-18-15(13)12-4-5-14(16)11(2)9-12/h4-5,9,13,15,17H,3,6-8,10H2,1-2H3. The molecule has 1 saturated heterocycles. The summed E-state index contributed by atoms with van der Waals surface area (Å²) in [7, 11) is 0. The van der Waals surface area contributed by atoms with Gasteiger partial charge in [0.2, 0.25) is 0 Å². The third kappa shape index (κ3) is 3.09. The topological polar surface area (TPSA) is 21.3 Å². The third-order valence-electron chi connectivity index (χ3n) is 3.56. The van der Waals surface area contributed by atoms with Gasteiger partial charge < -0.3 is 10.1 Å². The van der Waals surface area contributed by atoms with E-state index >= 15 is 0 Å². The summed E-state index contributed by atoms with van der Waals surface area (Å²) in [5.74, 6) is 0.360. The molecule has 1 aromatic rings. The van der Waals surface area contributed by atoms with Crippen LogP contribution in [0.5, 0.6) is 0 Å². The molecule has 2 atom stereocenters. The minimum Gasteiger partial charge on any atom is -0.373 e. The molecule has 0 bridgehead atoms. The van der Waals surface area contributed by atoms with Gasteiger partial charge in [0.25, 0.3) is 0 Å². The summed E-state index contributed by atoms with van der Waals surface area (Å²) in [6.45, 7) is 6.80. The lowest BCUT2D eigenvalue weighted by Gasteiger charge is -2.20. The molecule has 1 heterocycles. The lowest BCUT2D eigenvalue weighted by Crippen LogP contribution is -2.25. The van der Waals surface area contributed by atoms with E-state index in [0.717, 1.165) is 38.1 Å². The Balaban J connectivity index is 2.03. The average Bonchev–Trinajstić information content (AvgIpc) is 2.81. The fourth-order valence-electron chi connectivity index (χ4n) is 2.52. The van der Waals surface area contributed by atoms with Gasteiger partial charge in [-0.2, -0.15) is 0 Å². The van der Waals surface area contributed by atoms with Gasteiger partial charge in [-0.1, -0.05) is 19.1 Å². The summed E-state index contributed by atoms with van der Waals surface area (Å²) in [4.78, 5) is 0. The second-order valence-corrected chi connectivity index (χ2v) is 5.05. The Morgan fingerprint density at radius 1 is 1.44 bits per heavy atom. The lowest BCUT2D eigenvalue weighted by atomic mass is 9.94. The highest BCUT2D eigenvalue weighted by Gasteiger charge is 2.29. The van der Waals surface area contributed by atoms with Gasteiger partial charge in [-0.05, 0) is 43.5 Å². The van der Waals surface area contributed by atoms with Crippen LogP contribution in [-0.4, -0.2) is 19.7 Å². The SMILES string of the molecule is CCCNCC1CCOC1c1ccc(F)c(C)c1. The quantitative estimate of drug-likeness (QED) is 0.811. The molecule has 0 amide bonds. The zero-order valence-electron chi connectivity index (χ0n) is 11.2. The Morgan fingerprint density at radius 3 is 3.00 bits per heavy atom. The van der Waals surface area contributed by atoms with Crippen molar-refractivity contribution in [2.24, 2.45) is 5.92 Å². The van der Waals surface area contributed by atoms with Crippen LogP contribution in [0.15, 0.2) is 18.2 Å². The van der Waals surface area contributed by atoms with Crippen molar-refractivity contribution in [1.29, 1.82) is 0 Å². The molecule has 0 aromatic heterocycles. The smallest absolute Gasteiger partial charge is 0.126 e. The second kappa shape index (κ2) is 6.30. The van der Waals surface area contributed by atoms with Crippen molar-refractivity contribution >= 4 is 0 Å². The Bertz CT molecular complexity index is 394. The molecule has 3 heteroatoms. The highest BCUT2D eigenvalue weighted by Crippen LogP contribution is 2.34. The van der Waals surface area contributed by atoms with Crippen molar-refractivity contribution in [3.63, 3.8) is 0 Å². The number of hydrogen-bond acceptors (Lipinski definition) is 2. The zero-order valence-corrected chi connectivity index (χ0v) is 11.2. The Labute approximate surface area is 109 Å². The zero-order chi connectivity index (χ0) is 13.0. The monoisotopic (exact) mass is 251 g/mol. The van der Waals surface area contributed by atoms with Crippen LogP contribution >= 0.6 is 0 Å². The van der Waals surface area contributed by atoms with E-state index in [4.69, 9.17) is 4.74 Å². The van der Waals surface area contributed by atoms with Gasteiger partial charge in [-0.3, -0.25) is 0 Å². The van der Waals surface area contributed by atoms with E-state index in [1.807, 2.05) is 12.1 Å². The number of benzene rings is 1. The second-order valence-electron chi connectivity index (χ2n) is 5.05. The van der Waals surface area contributed by atoms with Crippen molar-refractivity contribution in [2.45, 2.75) is 32.8 Å². The van der Waals surface area contributed by atoms with Crippen LogP contribution in [0, 0.1) is 18.7 Å². The van der Waals surface area contributed by atoms with E-state index < -0.39 is 0 Å². The summed E-state index contributed by atoms with van der Waals surface area (Å²) in [5.41, 5.74) is 1.80. The molecular formula is C15H22FNO. The van der Waals surface area contributed by atoms with Crippen LogP contribution in [0.1, 0.15) is 37.0 Å². The molecule has 0 radical (unpaired) electrons. The van der Waals surface area contributed by atoms with E-state index in [-0.39, 0.29) is 11.9 Å². The minimum absolute atomic E-state index is 0.119. The molecule has 2 rings (SSSR count). The van der Waals surface area contributed by atoms with E-state index in [2.05, 4.69) is 12.2 Å².